The minimum Gasteiger partial charge on any atom is -0.307 e. The Morgan fingerprint density at radius 1 is 0.963 bits per heavy atom. The third-order valence-electron chi connectivity index (χ3n) is 5.28. The highest BCUT2D eigenvalue weighted by molar-refractivity contribution is 5.39. The standard InChI is InChI=1S/C19H24N6O2/c1-21-16(11-18(26)22(2)19(21)27)14-24-9-7-23(8-10-24)12-15-13-25-6-4-3-5-17(25)20-15/h3-6,11,13H,7-10,12,14H2,1-2H3. The zero-order valence-corrected chi connectivity index (χ0v) is 15.7. The second-order valence-corrected chi connectivity index (χ2v) is 7.13. The first kappa shape index (κ1) is 17.7. The molecule has 0 saturated carbocycles. The highest BCUT2D eigenvalue weighted by Crippen LogP contribution is 2.11. The van der Waals surface area contributed by atoms with Gasteiger partial charge in [-0.15, -0.1) is 0 Å². The van der Waals surface area contributed by atoms with E-state index in [1.165, 1.54) is 7.05 Å². The maximum Gasteiger partial charge on any atom is 0.330 e. The van der Waals surface area contributed by atoms with Crippen LogP contribution < -0.4 is 11.2 Å². The molecule has 27 heavy (non-hydrogen) atoms. The van der Waals surface area contributed by atoms with Crippen molar-refractivity contribution in [1.29, 1.82) is 0 Å². The van der Waals surface area contributed by atoms with Gasteiger partial charge in [0.25, 0.3) is 5.56 Å². The second kappa shape index (κ2) is 7.13. The molecule has 0 N–H and O–H groups in total. The topological polar surface area (TPSA) is 67.8 Å². The maximum atomic E-state index is 12.1. The third-order valence-corrected chi connectivity index (χ3v) is 5.28. The van der Waals surface area contributed by atoms with Crippen LogP contribution in [0.15, 0.2) is 46.2 Å². The molecule has 0 radical (unpaired) electrons. The van der Waals surface area contributed by atoms with Crippen molar-refractivity contribution in [2.45, 2.75) is 13.1 Å². The molecule has 8 heteroatoms. The van der Waals surface area contributed by atoms with Gasteiger partial charge in [0.1, 0.15) is 5.65 Å². The fraction of sp³-hybridized carbons (Fsp3) is 0.421. The summed E-state index contributed by atoms with van der Waals surface area (Å²) >= 11 is 0. The van der Waals surface area contributed by atoms with Gasteiger partial charge in [-0.05, 0) is 12.1 Å². The van der Waals surface area contributed by atoms with Gasteiger partial charge in [-0.2, -0.15) is 0 Å². The zero-order valence-electron chi connectivity index (χ0n) is 15.7. The molecule has 0 atom stereocenters. The van der Waals surface area contributed by atoms with Crippen LogP contribution in [0, 0.1) is 0 Å². The van der Waals surface area contributed by atoms with Gasteiger partial charge in [-0.25, -0.2) is 9.78 Å². The molecule has 142 valence electrons. The lowest BCUT2D eigenvalue weighted by Gasteiger charge is -2.34. The molecule has 3 aromatic rings. The number of fused-ring (bicyclic) bond motifs is 1. The van der Waals surface area contributed by atoms with Crippen molar-refractivity contribution in [1.82, 2.24) is 28.3 Å². The summed E-state index contributed by atoms with van der Waals surface area (Å²) in [5.41, 5.74) is 2.28. The SMILES string of the molecule is Cn1c(CN2CCN(Cc3cn4ccccc4n3)CC2)cc(=O)n(C)c1=O. The van der Waals surface area contributed by atoms with E-state index in [-0.39, 0.29) is 11.2 Å². The molecular weight excluding hydrogens is 344 g/mol. The molecule has 4 rings (SSSR count). The minimum atomic E-state index is -0.275. The van der Waals surface area contributed by atoms with Gasteiger partial charge >= 0.3 is 5.69 Å². The Bertz CT molecular complexity index is 1040. The van der Waals surface area contributed by atoms with Gasteiger partial charge in [0.15, 0.2) is 0 Å². The van der Waals surface area contributed by atoms with E-state index in [4.69, 9.17) is 0 Å². The van der Waals surface area contributed by atoms with Crippen molar-refractivity contribution in [2.75, 3.05) is 26.2 Å². The van der Waals surface area contributed by atoms with Gasteiger partial charge in [-0.1, -0.05) is 6.07 Å². The number of imidazole rings is 1. The van der Waals surface area contributed by atoms with Crippen molar-refractivity contribution >= 4 is 5.65 Å². The van der Waals surface area contributed by atoms with E-state index >= 15 is 0 Å². The lowest BCUT2D eigenvalue weighted by Crippen LogP contribution is -2.46. The smallest absolute Gasteiger partial charge is 0.307 e. The molecule has 0 spiro atoms. The van der Waals surface area contributed by atoms with Crippen LogP contribution >= 0.6 is 0 Å². The highest BCUT2D eigenvalue weighted by Gasteiger charge is 2.19. The average molecular weight is 368 g/mol. The molecule has 0 bridgehead atoms. The Hall–Kier alpha value is -2.71. The van der Waals surface area contributed by atoms with Gasteiger partial charge in [0, 0.05) is 77.5 Å². The first-order chi connectivity index (χ1) is 13.0. The van der Waals surface area contributed by atoms with Crippen LogP contribution in [0.1, 0.15) is 11.4 Å². The fourth-order valence-electron chi connectivity index (χ4n) is 3.56. The predicted molar refractivity (Wildman–Crippen MR) is 103 cm³/mol. The summed E-state index contributed by atoms with van der Waals surface area (Å²) in [6.45, 7) is 5.12. The number of pyridine rings is 1. The molecule has 0 aliphatic carbocycles. The van der Waals surface area contributed by atoms with Crippen molar-refractivity contribution in [2.24, 2.45) is 14.1 Å². The molecule has 1 fully saturated rings. The van der Waals surface area contributed by atoms with E-state index < -0.39 is 0 Å². The van der Waals surface area contributed by atoms with Crippen LogP contribution in [0.4, 0.5) is 0 Å². The summed E-state index contributed by atoms with van der Waals surface area (Å²) in [6, 6.07) is 7.57. The molecule has 4 heterocycles. The Balaban J connectivity index is 1.38. The van der Waals surface area contributed by atoms with E-state index in [1.807, 2.05) is 28.8 Å². The van der Waals surface area contributed by atoms with Crippen molar-refractivity contribution in [3.63, 3.8) is 0 Å². The number of hydrogen-bond acceptors (Lipinski definition) is 5. The summed E-state index contributed by atoms with van der Waals surface area (Å²) in [7, 11) is 3.23. The van der Waals surface area contributed by atoms with Crippen LogP contribution in [-0.2, 0) is 27.2 Å². The summed E-state index contributed by atoms with van der Waals surface area (Å²) in [6.07, 6.45) is 4.09. The molecule has 8 nitrogen and oxygen atoms in total. The first-order valence-corrected chi connectivity index (χ1v) is 9.14. The predicted octanol–water partition coefficient (Wildman–Crippen LogP) is 0.0495. The monoisotopic (exact) mass is 368 g/mol. The quantitative estimate of drug-likeness (QED) is 0.651. The van der Waals surface area contributed by atoms with Gasteiger partial charge < -0.3 is 4.40 Å². The van der Waals surface area contributed by atoms with Gasteiger partial charge in [-0.3, -0.25) is 23.7 Å². The van der Waals surface area contributed by atoms with Crippen LogP contribution in [-0.4, -0.2) is 54.5 Å². The summed E-state index contributed by atoms with van der Waals surface area (Å²) < 4.78 is 4.74. The Kier molecular flexibility index (Phi) is 4.67. The highest BCUT2D eigenvalue weighted by atomic mass is 16.2. The molecular formula is C19H24N6O2. The second-order valence-electron chi connectivity index (χ2n) is 7.13. The molecule has 1 saturated heterocycles. The van der Waals surface area contributed by atoms with E-state index in [1.54, 1.807) is 17.7 Å². The maximum absolute atomic E-state index is 12.1. The van der Waals surface area contributed by atoms with E-state index in [0.29, 0.717) is 6.54 Å². The normalized spacial score (nSPS) is 16.2. The van der Waals surface area contributed by atoms with Crippen LogP contribution in [0.5, 0.6) is 0 Å². The van der Waals surface area contributed by atoms with Crippen LogP contribution in [0.2, 0.25) is 0 Å². The number of piperazine rings is 1. The fourth-order valence-corrected chi connectivity index (χ4v) is 3.56. The summed E-state index contributed by atoms with van der Waals surface area (Å²) in [5.74, 6) is 0. The Morgan fingerprint density at radius 3 is 2.37 bits per heavy atom. The van der Waals surface area contributed by atoms with Crippen molar-refractivity contribution in [3.05, 3.63) is 68.9 Å². The third kappa shape index (κ3) is 3.58. The lowest BCUT2D eigenvalue weighted by molar-refractivity contribution is 0.119. The van der Waals surface area contributed by atoms with Gasteiger partial charge in [0.2, 0.25) is 0 Å². The largest absolute Gasteiger partial charge is 0.330 e. The van der Waals surface area contributed by atoms with E-state index in [2.05, 4.69) is 21.0 Å². The number of rotatable bonds is 4. The Labute approximate surface area is 156 Å². The van der Waals surface area contributed by atoms with Crippen LogP contribution in [0.25, 0.3) is 5.65 Å². The van der Waals surface area contributed by atoms with Gasteiger partial charge in [0.05, 0.1) is 5.69 Å². The van der Waals surface area contributed by atoms with E-state index in [0.717, 1.165) is 54.3 Å². The molecule has 1 aliphatic heterocycles. The van der Waals surface area contributed by atoms with Crippen molar-refractivity contribution < 1.29 is 0 Å². The summed E-state index contributed by atoms with van der Waals surface area (Å²) in [4.78, 5) is 33.3. The number of hydrogen-bond donors (Lipinski definition) is 0. The zero-order chi connectivity index (χ0) is 19.0. The average Bonchev–Trinajstić information content (AvgIpc) is 3.08. The Morgan fingerprint density at radius 2 is 1.67 bits per heavy atom. The number of aromatic nitrogens is 4. The number of nitrogens with zero attached hydrogens (tertiary/aromatic N) is 6. The first-order valence-electron chi connectivity index (χ1n) is 9.14. The van der Waals surface area contributed by atoms with E-state index in [9.17, 15) is 9.59 Å². The van der Waals surface area contributed by atoms with Crippen LogP contribution in [0.3, 0.4) is 0 Å². The molecule has 0 amide bonds. The minimum absolute atomic E-state index is 0.251. The molecule has 0 unspecified atom stereocenters. The molecule has 0 aromatic carbocycles. The van der Waals surface area contributed by atoms with Crippen molar-refractivity contribution in [3.8, 4) is 0 Å². The molecule has 1 aliphatic rings. The molecule has 3 aromatic heterocycles. The summed E-state index contributed by atoms with van der Waals surface area (Å²) in [5, 5.41) is 0. The lowest BCUT2D eigenvalue weighted by atomic mass is 10.2.